The Labute approximate surface area is 118 Å². The number of carbonyl (C=O) groups excluding carboxylic acids is 1. The Kier molecular flexibility index (Phi) is 3.51. The van der Waals surface area contributed by atoms with Crippen LogP contribution in [0.15, 0.2) is 34.0 Å². The number of aromatic amines is 1. The summed E-state index contributed by atoms with van der Waals surface area (Å²) in [6.07, 6.45) is 1.05. The molecule has 0 unspecified atom stereocenters. The van der Waals surface area contributed by atoms with E-state index >= 15 is 0 Å². The van der Waals surface area contributed by atoms with E-state index in [-0.39, 0.29) is 22.4 Å². The number of Topliss-reactive ketones (excluding diaryl/α,β-unsaturated/α-hetero) is 1. The summed E-state index contributed by atoms with van der Waals surface area (Å²) < 4.78 is 0.749. The lowest BCUT2D eigenvalue weighted by atomic mass is 10.1. The molecule has 2 aromatic rings. The fourth-order valence-electron chi connectivity index (χ4n) is 1.82. The third kappa shape index (κ3) is 2.36. The number of aromatic nitrogens is 2. The molecule has 0 aliphatic heterocycles. The van der Waals surface area contributed by atoms with Gasteiger partial charge in [-0.05, 0) is 25.1 Å². The van der Waals surface area contributed by atoms with E-state index in [0.717, 1.165) is 10.8 Å². The van der Waals surface area contributed by atoms with Gasteiger partial charge in [-0.25, -0.2) is 9.36 Å². The standard InChI is InChI=1S/C14H8N4O3/c1-8(19)12-7-17-14(21)18(13(12)20)11-3-2-9(5-15)10(4-11)6-16/h2-4,7H,1H3,(H,17,21). The number of carbonyl (C=O) groups is 1. The second-order valence-electron chi connectivity index (χ2n) is 4.16. The summed E-state index contributed by atoms with van der Waals surface area (Å²) in [5, 5.41) is 17.8. The summed E-state index contributed by atoms with van der Waals surface area (Å²) >= 11 is 0. The molecule has 2 rings (SSSR count). The minimum absolute atomic E-state index is 0.0366. The maximum Gasteiger partial charge on any atom is 0.333 e. The molecule has 0 aliphatic carbocycles. The molecule has 1 heterocycles. The van der Waals surface area contributed by atoms with Gasteiger partial charge in [-0.2, -0.15) is 10.5 Å². The van der Waals surface area contributed by atoms with Gasteiger partial charge in [0.05, 0.1) is 22.4 Å². The Morgan fingerprint density at radius 3 is 2.43 bits per heavy atom. The lowest BCUT2D eigenvalue weighted by molar-refractivity contribution is 0.101. The molecule has 0 radical (unpaired) electrons. The topological polar surface area (TPSA) is 120 Å². The Hall–Kier alpha value is -3.45. The first-order valence-electron chi connectivity index (χ1n) is 5.80. The highest BCUT2D eigenvalue weighted by Gasteiger charge is 2.13. The minimum Gasteiger partial charge on any atom is -0.313 e. The quantitative estimate of drug-likeness (QED) is 0.802. The largest absolute Gasteiger partial charge is 0.333 e. The van der Waals surface area contributed by atoms with Gasteiger partial charge < -0.3 is 4.98 Å². The fraction of sp³-hybridized carbons (Fsp3) is 0.0714. The Morgan fingerprint density at radius 2 is 1.86 bits per heavy atom. The first-order chi connectivity index (χ1) is 9.99. The van der Waals surface area contributed by atoms with E-state index in [1.807, 2.05) is 12.1 Å². The van der Waals surface area contributed by atoms with Crippen molar-refractivity contribution in [2.24, 2.45) is 0 Å². The third-order valence-corrected chi connectivity index (χ3v) is 2.86. The number of nitrogens with one attached hydrogen (secondary N) is 1. The van der Waals surface area contributed by atoms with Crippen molar-refractivity contribution in [2.45, 2.75) is 6.92 Å². The van der Waals surface area contributed by atoms with Crippen molar-refractivity contribution in [1.82, 2.24) is 9.55 Å². The lowest BCUT2D eigenvalue weighted by Crippen LogP contribution is -2.36. The number of ketones is 1. The van der Waals surface area contributed by atoms with Crippen LogP contribution in [0.4, 0.5) is 0 Å². The molecule has 0 aliphatic rings. The second kappa shape index (κ2) is 5.27. The van der Waals surface area contributed by atoms with Crippen LogP contribution in [0.25, 0.3) is 5.69 Å². The monoisotopic (exact) mass is 280 g/mol. The van der Waals surface area contributed by atoms with Crippen LogP contribution in [0.5, 0.6) is 0 Å². The van der Waals surface area contributed by atoms with E-state index in [4.69, 9.17) is 10.5 Å². The van der Waals surface area contributed by atoms with Gasteiger partial charge in [-0.1, -0.05) is 0 Å². The van der Waals surface area contributed by atoms with E-state index < -0.39 is 17.0 Å². The van der Waals surface area contributed by atoms with E-state index in [0.29, 0.717) is 0 Å². The SMILES string of the molecule is CC(=O)c1c[nH]c(=O)n(-c2ccc(C#N)c(C#N)c2)c1=O. The van der Waals surface area contributed by atoms with Gasteiger partial charge in [0.2, 0.25) is 0 Å². The van der Waals surface area contributed by atoms with Crippen molar-refractivity contribution in [1.29, 1.82) is 10.5 Å². The van der Waals surface area contributed by atoms with Crippen molar-refractivity contribution in [3.8, 4) is 17.8 Å². The zero-order valence-corrected chi connectivity index (χ0v) is 10.9. The van der Waals surface area contributed by atoms with E-state index in [2.05, 4.69) is 4.98 Å². The number of rotatable bonds is 2. The predicted octanol–water partition coefficient (Wildman–Crippen LogP) is 0.472. The number of hydrogen-bond donors (Lipinski definition) is 1. The van der Waals surface area contributed by atoms with Crippen molar-refractivity contribution >= 4 is 5.78 Å². The molecule has 0 spiro atoms. The molecule has 1 N–H and O–H groups in total. The van der Waals surface area contributed by atoms with Gasteiger partial charge in [0, 0.05) is 6.20 Å². The second-order valence-corrected chi connectivity index (χ2v) is 4.16. The third-order valence-electron chi connectivity index (χ3n) is 2.86. The van der Waals surface area contributed by atoms with E-state index in [9.17, 15) is 14.4 Å². The molecule has 0 fully saturated rings. The summed E-state index contributed by atoms with van der Waals surface area (Å²) in [7, 11) is 0. The highest BCUT2D eigenvalue weighted by atomic mass is 16.2. The minimum atomic E-state index is -0.778. The van der Waals surface area contributed by atoms with Gasteiger partial charge in [-0.3, -0.25) is 9.59 Å². The summed E-state index contributed by atoms with van der Waals surface area (Å²) in [6, 6.07) is 7.59. The van der Waals surface area contributed by atoms with Crippen LogP contribution < -0.4 is 11.2 Å². The zero-order chi connectivity index (χ0) is 15.6. The van der Waals surface area contributed by atoms with Crippen LogP contribution in [-0.2, 0) is 0 Å². The Balaban J connectivity index is 2.81. The highest BCUT2D eigenvalue weighted by molar-refractivity contribution is 5.93. The number of nitriles is 2. The molecule has 0 amide bonds. The average Bonchev–Trinajstić information content (AvgIpc) is 2.46. The van der Waals surface area contributed by atoms with Crippen LogP contribution in [0.1, 0.15) is 28.4 Å². The first kappa shape index (κ1) is 14.0. The van der Waals surface area contributed by atoms with Crippen LogP contribution in [-0.4, -0.2) is 15.3 Å². The molecule has 0 saturated heterocycles. The number of H-pyrrole nitrogens is 1. The molecule has 21 heavy (non-hydrogen) atoms. The summed E-state index contributed by atoms with van der Waals surface area (Å²) in [5.41, 5.74) is -1.40. The molecular formula is C14H8N4O3. The van der Waals surface area contributed by atoms with Gasteiger partial charge in [0.1, 0.15) is 12.1 Å². The summed E-state index contributed by atoms with van der Waals surface area (Å²) in [5.74, 6) is -0.487. The zero-order valence-electron chi connectivity index (χ0n) is 10.9. The van der Waals surface area contributed by atoms with Crippen LogP contribution in [0.2, 0.25) is 0 Å². The van der Waals surface area contributed by atoms with Crippen molar-refractivity contribution in [3.05, 3.63) is 61.9 Å². The number of benzene rings is 1. The summed E-state index contributed by atoms with van der Waals surface area (Å²) in [4.78, 5) is 37.6. The van der Waals surface area contributed by atoms with E-state index in [1.54, 1.807) is 0 Å². The molecule has 102 valence electrons. The normalized spacial score (nSPS) is 9.67. The van der Waals surface area contributed by atoms with E-state index in [1.165, 1.54) is 25.1 Å². The molecule has 7 heteroatoms. The molecule has 1 aromatic carbocycles. The van der Waals surface area contributed by atoms with Crippen LogP contribution >= 0.6 is 0 Å². The van der Waals surface area contributed by atoms with Gasteiger partial charge in [0.25, 0.3) is 5.56 Å². The van der Waals surface area contributed by atoms with Crippen LogP contribution in [0.3, 0.4) is 0 Å². The van der Waals surface area contributed by atoms with Crippen LogP contribution in [0, 0.1) is 22.7 Å². The average molecular weight is 280 g/mol. The lowest BCUT2D eigenvalue weighted by Gasteiger charge is -2.06. The Bertz CT molecular complexity index is 938. The number of hydrogen-bond acceptors (Lipinski definition) is 5. The summed E-state index contributed by atoms with van der Waals surface area (Å²) in [6.45, 7) is 1.21. The molecule has 1 aromatic heterocycles. The smallest absolute Gasteiger partial charge is 0.313 e. The van der Waals surface area contributed by atoms with Crippen molar-refractivity contribution < 1.29 is 4.79 Å². The maximum atomic E-state index is 12.2. The highest BCUT2D eigenvalue weighted by Crippen LogP contribution is 2.12. The van der Waals surface area contributed by atoms with Crippen molar-refractivity contribution in [2.75, 3.05) is 0 Å². The van der Waals surface area contributed by atoms with Crippen molar-refractivity contribution in [3.63, 3.8) is 0 Å². The van der Waals surface area contributed by atoms with Gasteiger partial charge >= 0.3 is 5.69 Å². The first-order valence-corrected chi connectivity index (χ1v) is 5.80. The molecule has 0 atom stereocenters. The molecule has 7 nitrogen and oxygen atoms in total. The molecule has 0 bridgehead atoms. The fourth-order valence-corrected chi connectivity index (χ4v) is 1.82. The maximum absolute atomic E-state index is 12.2. The van der Waals surface area contributed by atoms with Gasteiger partial charge in [-0.15, -0.1) is 0 Å². The Morgan fingerprint density at radius 1 is 1.19 bits per heavy atom. The number of nitrogens with zero attached hydrogens (tertiary/aromatic N) is 3. The van der Waals surface area contributed by atoms with Gasteiger partial charge in [0.15, 0.2) is 5.78 Å². The molecular weight excluding hydrogens is 272 g/mol. The predicted molar refractivity (Wildman–Crippen MR) is 72.1 cm³/mol. The molecule has 0 saturated carbocycles.